The monoisotopic (exact) mass is 746 g/mol. The summed E-state index contributed by atoms with van der Waals surface area (Å²) in [6, 6.07) is 11.7. The third kappa shape index (κ3) is 10.6. The second-order valence-corrected chi connectivity index (χ2v) is 15.9. The van der Waals surface area contributed by atoms with Crippen LogP contribution in [0.15, 0.2) is 47.3 Å². The van der Waals surface area contributed by atoms with Gasteiger partial charge in [0.15, 0.2) is 0 Å². The van der Waals surface area contributed by atoms with Gasteiger partial charge in [0.25, 0.3) is 11.5 Å². The van der Waals surface area contributed by atoms with E-state index in [1.54, 1.807) is 29.2 Å². The maximum absolute atomic E-state index is 15.0. The molecule has 0 bridgehead atoms. The van der Waals surface area contributed by atoms with E-state index in [4.69, 9.17) is 4.74 Å². The fourth-order valence-corrected chi connectivity index (χ4v) is 7.66. The number of piperidine rings is 1. The number of likely N-dealkylation sites (tertiary alicyclic amines) is 1. The number of aromatic amines is 1. The third-order valence-electron chi connectivity index (χ3n) is 10.7. The van der Waals surface area contributed by atoms with Gasteiger partial charge in [0.2, 0.25) is 5.91 Å². The molecule has 3 aromatic rings. The van der Waals surface area contributed by atoms with E-state index in [0.29, 0.717) is 73.6 Å². The predicted molar refractivity (Wildman–Crippen MR) is 205 cm³/mol. The molecule has 6 rings (SSSR count). The number of benzene rings is 2. The highest BCUT2D eigenvalue weighted by atomic mass is 19.1. The number of aromatic nitrogens is 2. The Morgan fingerprint density at radius 3 is 2.24 bits per heavy atom. The predicted octanol–water partition coefficient (Wildman–Crippen LogP) is 3.18. The van der Waals surface area contributed by atoms with Gasteiger partial charge in [0, 0.05) is 77.3 Å². The molecule has 14 heteroatoms. The van der Waals surface area contributed by atoms with E-state index in [9.17, 15) is 23.6 Å². The first-order valence-electron chi connectivity index (χ1n) is 19.4. The summed E-state index contributed by atoms with van der Waals surface area (Å²) >= 11 is 0. The largest absolute Gasteiger partial charge is 0.444 e. The molecule has 3 amide bonds. The molecule has 0 aliphatic carbocycles. The van der Waals surface area contributed by atoms with Crippen molar-refractivity contribution in [2.24, 2.45) is 5.92 Å². The minimum atomic E-state index is -0.589. The standard InChI is InChI=1S/C40H55FN8O5/c1-40(2,3)54-39(53)42-13-6-14-45-17-19-47(20-18-45)27-29-11-15-46(16-12-29)28-36(50)48-21-23-49(24-22-48)38(52)33-25-30(9-10-34(33)41)26-35-31-7-4-5-8-32(31)37(51)44-43-35/h4-5,7-10,25,29H,6,11-24,26-28H2,1-3H3,(H,42,53)(H,44,51). The molecule has 4 heterocycles. The Bertz CT molecular complexity index is 1820. The smallest absolute Gasteiger partial charge is 0.407 e. The zero-order chi connectivity index (χ0) is 38.2. The lowest BCUT2D eigenvalue weighted by Crippen LogP contribution is -2.53. The van der Waals surface area contributed by atoms with Crippen molar-refractivity contribution < 1.29 is 23.5 Å². The topological polar surface area (TPSA) is 134 Å². The van der Waals surface area contributed by atoms with Crippen molar-refractivity contribution in [2.75, 3.05) is 91.6 Å². The average molecular weight is 747 g/mol. The Labute approximate surface area is 316 Å². The summed E-state index contributed by atoms with van der Waals surface area (Å²) in [5.74, 6) is -0.279. The van der Waals surface area contributed by atoms with E-state index in [2.05, 4.69) is 30.2 Å². The third-order valence-corrected chi connectivity index (χ3v) is 10.7. The van der Waals surface area contributed by atoms with E-state index in [0.717, 1.165) is 71.6 Å². The summed E-state index contributed by atoms with van der Waals surface area (Å²) in [6.45, 7) is 16.1. The van der Waals surface area contributed by atoms with Crippen molar-refractivity contribution in [2.45, 2.75) is 52.1 Å². The zero-order valence-electron chi connectivity index (χ0n) is 31.9. The molecule has 54 heavy (non-hydrogen) atoms. The average Bonchev–Trinajstić information content (AvgIpc) is 3.16. The number of nitrogens with zero attached hydrogens (tertiary/aromatic N) is 6. The minimum absolute atomic E-state index is 0.00422. The molecule has 0 atom stereocenters. The number of ether oxygens (including phenoxy) is 1. The second kappa shape index (κ2) is 17.8. The van der Waals surface area contributed by atoms with Gasteiger partial charge >= 0.3 is 6.09 Å². The molecular weight excluding hydrogens is 691 g/mol. The van der Waals surface area contributed by atoms with Crippen molar-refractivity contribution in [3.63, 3.8) is 0 Å². The van der Waals surface area contributed by atoms with E-state index in [1.807, 2.05) is 37.8 Å². The molecule has 292 valence electrons. The van der Waals surface area contributed by atoms with Gasteiger partial charge in [-0.2, -0.15) is 5.10 Å². The minimum Gasteiger partial charge on any atom is -0.444 e. The number of carbonyl (C=O) groups is 3. The van der Waals surface area contributed by atoms with Gasteiger partial charge in [-0.3, -0.25) is 19.3 Å². The molecule has 3 aliphatic heterocycles. The highest BCUT2D eigenvalue weighted by Gasteiger charge is 2.29. The Hall–Kier alpha value is -4.40. The summed E-state index contributed by atoms with van der Waals surface area (Å²) in [7, 11) is 0. The van der Waals surface area contributed by atoms with Crippen LogP contribution in [0.5, 0.6) is 0 Å². The van der Waals surface area contributed by atoms with Crippen LogP contribution in [-0.4, -0.2) is 150 Å². The van der Waals surface area contributed by atoms with Crippen LogP contribution < -0.4 is 10.9 Å². The number of hydrogen-bond donors (Lipinski definition) is 2. The number of piperazine rings is 2. The molecule has 1 aromatic heterocycles. The molecule has 0 saturated carbocycles. The van der Waals surface area contributed by atoms with Crippen LogP contribution in [0.1, 0.15) is 61.6 Å². The number of fused-ring (bicyclic) bond motifs is 1. The second-order valence-electron chi connectivity index (χ2n) is 15.9. The lowest BCUT2D eigenvalue weighted by Gasteiger charge is -2.39. The van der Waals surface area contributed by atoms with Gasteiger partial charge in [-0.1, -0.05) is 24.3 Å². The Morgan fingerprint density at radius 2 is 1.54 bits per heavy atom. The number of hydrogen-bond acceptors (Lipinski definition) is 9. The van der Waals surface area contributed by atoms with Crippen molar-refractivity contribution in [3.8, 4) is 0 Å². The van der Waals surface area contributed by atoms with Crippen molar-refractivity contribution in [1.82, 2.24) is 40.0 Å². The van der Waals surface area contributed by atoms with Crippen LogP contribution >= 0.6 is 0 Å². The van der Waals surface area contributed by atoms with Crippen molar-refractivity contribution in [1.29, 1.82) is 0 Å². The number of nitrogens with one attached hydrogen (secondary N) is 2. The first-order valence-corrected chi connectivity index (χ1v) is 19.4. The summed E-state index contributed by atoms with van der Waals surface area (Å²) in [6.07, 6.45) is 3.02. The SMILES string of the molecule is CC(C)(C)OC(=O)NCCCN1CCN(CC2CCN(CC(=O)N3CCN(C(=O)c4cc(Cc5n[nH]c(=O)c6ccccc56)ccc4F)CC3)CC2)CC1. The molecule has 0 spiro atoms. The molecular formula is C40H55FN8O5. The van der Waals surface area contributed by atoms with E-state index >= 15 is 0 Å². The van der Waals surface area contributed by atoms with Crippen molar-refractivity contribution >= 4 is 28.7 Å². The summed E-state index contributed by atoms with van der Waals surface area (Å²) in [5, 5.41) is 10.8. The van der Waals surface area contributed by atoms with Crippen LogP contribution in [0.3, 0.4) is 0 Å². The van der Waals surface area contributed by atoms with Gasteiger partial charge in [-0.25, -0.2) is 14.3 Å². The number of rotatable bonds is 11. The van der Waals surface area contributed by atoms with Crippen LogP contribution in [0.25, 0.3) is 10.8 Å². The molecule has 3 saturated heterocycles. The number of carbonyl (C=O) groups excluding carboxylic acids is 3. The van der Waals surface area contributed by atoms with E-state index in [-0.39, 0.29) is 23.1 Å². The van der Waals surface area contributed by atoms with Gasteiger partial charge in [-0.15, -0.1) is 0 Å². The molecule has 0 unspecified atom stereocenters. The van der Waals surface area contributed by atoms with Crippen LogP contribution in [0, 0.1) is 11.7 Å². The molecule has 3 fully saturated rings. The van der Waals surface area contributed by atoms with Gasteiger partial charge < -0.3 is 29.7 Å². The fraction of sp³-hybridized carbons (Fsp3) is 0.575. The number of H-pyrrole nitrogens is 1. The zero-order valence-corrected chi connectivity index (χ0v) is 31.9. The van der Waals surface area contributed by atoms with E-state index in [1.165, 1.54) is 6.07 Å². The lowest BCUT2D eigenvalue weighted by molar-refractivity contribution is -0.134. The normalized spacial score (nSPS) is 18.2. The van der Waals surface area contributed by atoms with Crippen LogP contribution in [0.2, 0.25) is 0 Å². The molecule has 3 aliphatic rings. The highest BCUT2D eigenvalue weighted by molar-refractivity contribution is 5.95. The Kier molecular flexibility index (Phi) is 13.0. The Morgan fingerprint density at radius 1 is 0.870 bits per heavy atom. The maximum Gasteiger partial charge on any atom is 0.407 e. The highest BCUT2D eigenvalue weighted by Crippen LogP contribution is 2.22. The first-order chi connectivity index (χ1) is 25.9. The molecule has 2 N–H and O–H groups in total. The fourth-order valence-electron chi connectivity index (χ4n) is 7.66. The molecule has 13 nitrogen and oxygen atoms in total. The van der Waals surface area contributed by atoms with Crippen LogP contribution in [0.4, 0.5) is 9.18 Å². The molecule has 0 radical (unpaired) electrons. The number of alkyl carbamates (subject to hydrolysis) is 1. The quantitative estimate of drug-likeness (QED) is 0.284. The molecule has 2 aromatic carbocycles. The Balaban J connectivity index is 0.880. The van der Waals surface area contributed by atoms with E-state index < -0.39 is 17.3 Å². The number of amides is 3. The summed E-state index contributed by atoms with van der Waals surface area (Å²) < 4.78 is 20.3. The van der Waals surface area contributed by atoms with Crippen molar-refractivity contribution in [3.05, 3.63) is 75.5 Å². The van der Waals surface area contributed by atoms with Gasteiger partial charge in [0.05, 0.1) is 23.2 Å². The summed E-state index contributed by atoms with van der Waals surface area (Å²) in [5.41, 5.74) is 0.588. The maximum atomic E-state index is 15.0. The van der Waals surface area contributed by atoms with Gasteiger partial charge in [0.1, 0.15) is 11.4 Å². The van der Waals surface area contributed by atoms with Crippen LogP contribution in [-0.2, 0) is 16.0 Å². The first kappa shape index (κ1) is 39.3. The van der Waals surface area contributed by atoms with Gasteiger partial charge in [-0.05, 0) is 89.3 Å². The lowest BCUT2D eigenvalue weighted by atomic mass is 9.96. The number of halogens is 1. The summed E-state index contributed by atoms with van der Waals surface area (Å²) in [4.78, 5) is 61.5.